The number of carbonyl (C=O) groups excluding carboxylic acids is 2. The molecule has 0 bridgehead atoms. The predicted octanol–water partition coefficient (Wildman–Crippen LogP) is 6.81. The van der Waals surface area contributed by atoms with Crippen LogP contribution in [0.5, 0.6) is 0 Å². The SMILES string of the molecule is COC(=O)c1sc(-c2ccc(Cl)cc2)cc1N(C(=O)C1CCC(C)(C)CC1)C(C)C. The van der Waals surface area contributed by atoms with Crippen molar-refractivity contribution in [3.05, 3.63) is 40.2 Å². The summed E-state index contributed by atoms with van der Waals surface area (Å²) < 4.78 is 5.04. The normalized spacial score (nSPS) is 16.5. The minimum absolute atomic E-state index is 0.00944. The van der Waals surface area contributed by atoms with E-state index in [0.29, 0.717) is 21.0 Å². The number of benzene rings is 1. The molecule has 3 rings (SSSR count). The maximum atomic E-state index is 13.6. The third-order valence-corrected chi connectivity index (χ3v) is 7.32. The van der Waals surface area contributed by atoms with Gasteiger partial charge in [-0.15, -0.1) is 11.3 Å². The van der Waals surface area contributed by atoms with Gasteiger partial charge in [-0.1, -0.05) is 37.6 Å². The number of carbonyl (C=O) groups is 2. The Bertz CT molecular complexity index is 907. The fraction of sp³-hybridized carbons (Fsp3) is 0.500. The average Bonchev–Trinajstić information content (AvgIpc) is 3.12. The molecule has 0 atom stereocenters. The van der Waals surface area contributed by atoms with Crippen LogP contribution in [0, 0.1) is 11.3 Å². The molecule has 162 valence electrons. The number of hydrogen-bond acceptors (Lipinski definition) is 4. The molecule has 1 aliphatic rings. The van der Waals surface area contributed by atoms with Crippen molar-refractivity contribution >= 4 is 40.5 Å². The predicted molar refractivity (Wildman–Crippen MR) is 124 cm³/mol. The fourth-order valence-corrected chi connectivity index (χ4v) is 5.25. The Morgan fingerprint density at radius 3 is 2.30 bits per heavy atom. The zero-order valence-corrected chi connectivity index (χ0v) is 19.9. The summed E-state index contributed by atoms with van der Waals surface area (Å²) in [7, 11) is 1.37. The number of rotatable bonds is 5. The molecular formula is C24H30ClNO3S. The van der Waals surface area contributed by atoms with E-state index in [2.05, 4.69) is 13.8 Å². The number of nitrogens with zero attached hydrogens (tertiary/aromatic N) is 1. The average molecular weight is 448 g/mol. The van der Waals surface area contributed by atoms with E-state index in [1.165, 1.54) is 18.4 Å². The van der Waals surface area contributed by atoms with Crippen molar-refractivity contribution < 1.29 is 14.3 Å². The van der Waals surface area contributed by atoms with Crippen LogP contribution in [0.15, 0.2) is 30.3 Å². The maximum Gasteiger partial charge on any atom is 0.350 e. The van der Waals surface area contributed by atoms with Crippen molar-refractivity contribution in [2.45, 2.75) is 59.4 Å². The van der Waals surface area contributed by atoms with Crippen LogP contribution in [-0.4, -0.2) is 25.0 Å². The molecule has 0 spiro atoms. The molecule has 1 aliphatic carbocycles. The highest BCUT2D eigenvalue weighted by atomic mass is 35.5. The highest BCUT2D eigenvalue weighted by Crippen LogP contribution is 2.42. The molecule has 2 aromatic rings. The molecule has 30 heavy (non-hydrogen) atoms. The maximum absolute atomic E-state index is 13.6. The van der Waals surface area contributed by atoms with Crippen molar-refractivity contribution in [1.29, 1.82) is 0 Å². The Labute approximate surface area is 188 Å². The molecule has 1 aromatic carbocycles. The van der Waals surface area contributed by atoms with Crippen LogP contribution in [0.1, 0.15) is 63.0 Å². The summed E-state index contributed by atoms with van der Waals surface area (Å²) in [6.07, 6.45) is 3.85. The number of anilines is 1. The van der Waals surface area contributed by atoms with Crippen LogP contribution in [0.3, 0.4) is 0 Å². The number of ether oxygens (including phenoxy) is 1. The minimum atomic E-state index is -0.418. The van der Waals surface area contributed by atoms with E-state index < -0.39 is 5.97 Å². The molecule has 0 N–H and O–H groups in total. The smallest absolute Gasteiger partial charge is 0.350 e. The van der Waals surface area contributed by atoms with Gasteiger partial charge in [0.2, 0.25) is 5.91 Å². The Balaban J connectivity index is 1.99. The highest BCUT2D eigenvalue weighted by Gasteiger charge is 2.36. The molecule has 1 saturated carbocycles. The van der Waals surface area contributed by atoms with E-state index >= 15 is 0 Å². The molecule has 1 heterocycles. The number of hydrogen-bond donors (Lipinski definition) is 0. The first-order chi connectivity index (χ1) is 14.1. The second kappa shape index (κ2) is 9.11. The fourth-order valence-electron chi connectivity index (χ4n) is 4.05. The zero-order chi connectivity index (χ0) is 22.1. The zero-order valence-electron chi connectivity index (χ0n) is 18.3. The van der Waals surface area contributed by atoms with Gasteiger partial charge in [0.15, 0.2) is 0 Å². The van der Waals surface area contributed by atoms with Crippen molar-refractivity contribution in [3.8, 4) is 10.4 Å². The largest absolute Gasteiger partial charge is 0.465 e. The molecule has 0 unspecified atom stereocenters. The van der Waals surface area contributed by atoms with Crippen molar-refractivity contribution in [2.75, 3.05) is 12.0 Å². The van der Waals surface area contributed by atoms with Crippen LogP contribution in [0.25, 0.3) is 10.4 Å². The number of amides is 1. The number of halogens is 1. The quantitative estimate of drug-likeness (QED) is 0.472. The summed E-state index contributed by atoms with van der Waals surface area (Å²) in [6.45, 7) is 8.51. The molecule has 1 aromatic heterocycles. The summed E-state index contributed by atoms with van der Waals surface area (Å²) in [5.41, 5.74) is 1.89. The Hall–Kier alpha value is -1.85. The lowest BCUT2D eigenvalue weighted by Gasteiger charge is -2.37. The summed E-state index contributed by atoms with van der Waals surface area (Å²) in [4.78, 5) is 29.3. The molecule has 4 nitrogen and oxygen atoms in total. The monoisotopic (exact) mass is 447 g/mol. The first-order valence-corrected chi connectivity index (χ1v) is 11.6. The van der Waals surface area contributed by atoms with E-state index in [4.69, 9.17) is 16.3 Å². The summed E-state index contributed by atoms with van der Waals surface area (Å²) >= 11 is 7.37. The van der Waals surface area contributed by atoms with Gasteiger partial charge >= 0.3 is 5.97 Å². The van der Waals surface area contributed by atoms with E-state index in [1.54, 1.807) is 4.90 Å². The molecule has 1 fully saturated rings. The number of methoxy groups -OCH3 is 1. The van der Waals surface area contributed by atoms with E-state index in [9.17, 15) is 9.59 Å². The molecule has 0 aliphatic heterocycles. The third-order valence-electron chi connectivity index (χ3n) is 5.91. The molecular weight excluding hydrogens is 418 g/mol. The molecule has 6 heteroatoms. The Morgan fingerprint density at radius 1 is 1.17 bits per heavy atom. The number of thiophene rings is 1. The Morgan fingerprint density at radius 2 is 1.77 bits per heavy atom. The van der Waals surface area contributed by atoms with E-state index in [1.807, 2.05) is 44.2 Å². The van der Waals surface area contributed by atoms with Crippen LogP contribution < -0.4 is 4.90 Å². The minimum Gasteiger partial charge on any atom is -0.465 e. The van der Waals surface area contributed by atoms with Gasteiger partial charge in [0.05, 0.1) is 12.8 Å². The van der Waals surface area contributed by atoms with Gasteiger partial charge < -0.3 is 9.64 Å². The molecule has 0 radical (unpaired) electrons. The van der Waals surface area contributed by atoms with Gasteiger partial charge in [0.1, 0.15) is 4.88 Å². The van der Waals surface area contributed by atoms with Crippen LogP contribution in [0.4, 0.5) is 5.69 Å². The van der Waals surface area contributed by atoms with Gasteiger partial charge in [0.25, 0.3) is 0 Å². The van der Waals surface area contributed by atoms with Gasteiger partial charge in [-0.2, -0.15) is 0 Å². The summed E-state index contributed by atoms with van der Waals surface area (Å²) in [5.74, 6) is -0.325. The third kappa shape index (κ3) is 4.89. The lowest BCUT2D eigenvalue weighted by atomic mass is 9.72. The van der Waals surface area contributed by atoms with Gasteiger partial charge in [0, 0.05) is 21.9 Å². The topological polar surface area (TPSA) is 46.6 Å². The standard InChI is InChI=1S/C24H30ClNO3S/c1-15(2)26(22(27)17-10-12-24(3,4)13-11-17)19-14-20(30-21(19)23(28)29-5)16-6-8-18(25)9-7-16/h6-9,14-15,17H,10-13H2,1-5H3. The van der Waals surface area contributed by atoms with Gasteiger partial charge in [-0.25, -0.2) is 4.79 Å². The second-order valence-corrected chi connectivity index (χ2v) is 10.6. The lowest BCUT2D eigenvalue weighted by molar-refractivity contribution is -0.124. The summed E-state index contributed by atoms with van der Waals surface area (Å²) in [6, 6.07) is 9.36. The van der Waals surface area contributed by atoms with Crippen molar-refractivity contribution in [3.63, 3.8) is 0 Å². The van der Waals surface area contributed by atoms with Crippen molar-refractivity contribution in [2.24, 2.45) is 11.3 Å². The highest BCUT2D eigenvalue weighted by molar-refractivity contribution is 7.18. The van der Waals surface area contributed by atoms with Crippen LogP contribution in [-0.2, 0) is 9.53 Å². The van der Waals surface area contributed by atoms with Gasteiger partial charge in [-0.05, 0) is 68.7 Å². The van der Waals surface area contributed by atoms with Crippen LogP contribution in [0.2, 0.25) is 5.02 Å². The van der Waals surface area contributed by atoms with E-state index in [0.717, 1.165) is 36.1 Å². The van der Waals surface area contributed by atoms with Crippen molar-refractivity contribution in [1.82, 2.24) is 0 Å². The summed E-state index contributed by atoms with van der Waals surface area (Å²) in [5, 5.41) is 0.655. The first kappa shape index (κ1) is 22.8. The van der Waals surface area contributed by atoms with E-state index in [-0.39, 0.29) is 17.9 Å². The second-order valence-electron chi connectivity index (χ2n) is 9.06. The van der Waals surface area contributed by atoms with Crippen LogP contribution >= 0.6 is 22.9 Å². The Kier molecular flexibility index (Phi) is 6.93. The first-order valence-electron chi connectivity index (χ1n) is 10.4. The lowest BCUT2D eigenvalue weighted by Crippen LogP contribution is -2.43. The van der Waals surface area contributed by atoms with Gasteiger partial charge in [-0.3, -0.25) is 4.79 Å². The molecule has 1 amide bonds. The molecule has 0 saturated heterocycles. The number of esters is 1.